The highest BCUT2D eigenvalue weighted by Gasteiger charge is 2.08. The smallest absolute Gasteiger partial charge is 0.257 e. The lowest BCUT2D eigenvalue weighted by Gasteiger charge is -2.14. The number of hydrogen-bond donors (Lipinski definition) is 2. The van der Waals surface area contributed by atoms with Gasteiger partial charge in [0.25, 0.3) is 5.91 Å². The van der Waals surface area contributed by atoms with Crippen LogP contribution in [0.5, 0.6) is 0 Å². The SMILES string of the molecule is O=C(NC(=S)NCCC1=CCCCC1)c1ccc(Cl)cc1. The zero-order valence-corrected chi connectivity index (χ0v) is 13.4. The van der Waals surface area contributed by atoms with Crippen molar-refractivity contribution in [2.24, 2.45) is 0 Å². The van der Waals surface area contributed by atoms with E-state index in [1.807, 2.05) is 0 Å². The Morgan fingerprint density at radius 1 is 1.24 bits per heavy atom. The number of benzene rings is 1. The molecule has 2 N–H and O–H groups in total. The number of carbonyl (C=O) groups excluding carboxylic acids is 1. The topological polar surface area (TPSA) is 41.1 Å². The van der Waals surface area contributed by atoms with E-state index in [0.29, 0.717) is 15.7 Å². The molecule has 0 saturated carbocycles. The summed E-state index contributed by atoms with van der Waals surface area (Å²) in [6, 6.07) is 6.71. The minimum atomic E-state index is -0.221. The summed E-state index contributed by atoms with van der Waals surface area (Å²) in [4.78, 5) is 11.9. The predicted molar refractivity (Wildman–Crippen MR) is 90.7 cm³/mol. The highest BCUT2D eigenvalue weighted by atomic mass is 35.5. The second kappa shape index (κ2) is 8.15. The molecule has 3 nitrogen and oxygen atoms in total. The molecule has 0 saturated heterocycles. The van der Waals surface area contributed by atoms with Crippen molar-refractivity contribution in [3.63, 3.8) is 0 Å². The molecule has 5 heteroatoms. The molecular weight excluding hydrogens is 304 g/mol. The first kappa shape index (κ1) is 16.0. The number of amides is 1. The van der Waals surface area contributed by atoms with Crippen molar-refractivity contribution < 1.29 is 4.79 Å². The van der Waals surface area contributed by atoms with Gasteiger partial charge in [0.15, 0.2) is 5.11 Å². The Labute approximate surface area is 135 Å². The molecule has 1 aromatic rings. The molecule has 0 heterocycles. The zero-order valence-electron chi connectivity index (χ0n) is 11.8. The van der Waals surface area contributed by atoms with Crippen LogP contribution in [-0.2, 0) is 0 Å². The number of thiocarbonyl (C=S) groups is 1. The van der Waals surface area contributed by atoms with Gasteiger partial charge >= 0.3 is 0 Å². The summed E-state index contributed by atoms with van der Waals surface area (Å²) >= 11 is 10.9. The van der Waals surface area contributed by atoms with E-state index in [2.05, 4.69) is 16.7 Å². The maximum atomic E-state index is 11.9. The summed E-state index contributed by atoms with van der Waals surface area (Å²) in [7, 11) is 0. The second-order valence-electron chi connectivity index (χ2n) is 5.08. The molecule has 1 aliphatic carbocycles. The Balaban J connectivity index is 1.72. The lowest BCUT2D eigenvalue weighted by molar-refractivity contribution is 0.0976. The molecule has 0 atom stereocenters. The van der Waals surface area contributed by atoms with E-state index in [-0.39, 0.29) is 5.91 Å². The summed E-state index contributed by atoms with van der Waals surface area (Å²) in [6.45, 7) is 0.756. The third kappa shape index (κ3) is 5.48. The van der Waals surface area contributed by atoms with Gasteiger partial charge in [-0.25, -0.2) is 0 Å². The summed E-state index contributed by atoms with van der Waals surface area (Å²) in [5.41, 5.74) is 2.03. The molecule has 0 fully saturated rings. The van der Waals surface area contributed by atoms with Crippen LogP contribution in [0.2, 0.25) is 5.02 Å². The fraction of sp³-hybridized carbons (Fsp3) is 0.375. The third-order valence-electron chi connectivity index (χ3n) is 3.45. The number of halogens is 1. The number of carbonyl (C=O) groups is 1. The van der Waals surface area contributed by atoms with E-state index in [0.717, 1.165) is 13.0 Å². The van der Waals surface area contributed by atoms with E-state index >= 15 is 0 Å². The summed E-state index contributed by atoms with van der Waals surface area (Å²) in [5.74, 6) is -0.221. The normalized spacial score (nSPS) is 14.2. The molecule has 0 unspecified atom stereocenters. The Kier molecular flexibility index (Phi) is 6.21. The maximum absolute atomic E-state index is 11.9. The minimum absolute atomic E-state index is 0.221. The quantitative estimate of drug-likeness (QED) is 0.654. The summed E-state index contributed by atoms with van der Waals surface area (Å²) in [6.07, 6.45) is 8.26. The van der Waals surface area contributed by atoms with Crippen molar-refractivity contribution in [2.75, 3.05) is 6.54 Å². The molecule has 1 aliphatic rings. The average molecular weight is 323 g/mol. The second-order valence-corrected chi connectivity index (χ2v) is 5.92. The van der Waals surface area contributed by atoms with Gasteiger partial charge in [-0.3, -0.25) is 10.1 Å². The number of allylic oxidation sites excluding steroid dienone is 1. The molecule has 0 bridgehead atoms. The van der Waals surface area contributed by atoms with Crippen molar-refractivity contribution in [3.8, 4) is 0 Å². The average Bonchev–Trinajstić information content (AvgIpc) is 2.49. The van der Waals surface area contributed by atoms with Crippen LogP contribution < -0.4 is 10.6 Å². The minimum Gasteiger partial charge on any atom is -0.362 e. The van der Waals surface area contributed by atoms with Crippen LogP contribution in [0.15, 0.2) is 35.9 Å². The standard InChI is InChI=1S/C16H19ClN2OS/c17-14-8-6-13(7-9-14)15(20)19-16(21)18-11-10-12-4-2-1-3-5-12/h4,6-9H,1-3,5,10-11H2,(H2,18,19,20,21). The largest absolute Gasteiger partial charge is 0.362 e. The molecular formula is C16H19ClN2OS. The van der Waals surface area contributed by atoms with Gasteiger partial charge in [0.05, 0.1) is 0 Å². The Bertz CT molecular complexity index is 540. The summed E-state index contributed by atoms with van der Waals surface area (Å²) in [5, 5.41) is 6.72. The van der Waals surface area contributed by atoms with Crippen molar-refractivity contribution in [3.05, 3.63) is 46.5 Å². The van der Waals surface area contributed by atoms with Crippen LogP contribution in [0, 0.1) is 0 Å². The van der Waals surface area contributed by atoms with E-state index in [4.69, 9.17) is 23.8 Å². The van der Waals surface area contributed by atoms with Crippen LogP contribution in [0.3, 0.4) is 0 Å². The molecule has 21 heavy (non-hydrogen) atoms. The van der Waals surface area contributed by atoms with Gasteiger partial charge in [0.1, 0.15) is 0 Å². The first-order valence-corrected chi connectivity index (χ1v) is 7.96. The van der Waals surface area contributed by atoms with Crippen LogP contribution in [-0.4, -0.2) is 17.6 Å². The zero-order chi connectivity index (χ0) is 15.1. The molecule has 0 radical (unpaired) electrons. The first-order valence-electron chi connectivity index (χ1n) is 7.18. The van der Waals surface area contributed by atoms with E-state index < -0.39 is 0 Å². The number of rotatable bonds is 4. The highest BCUT2D eigenvalue weighted by Crippen LogP contribution is 2.19. The maximum Gasteiger partial charge on any atom is 0.257 e. The number of hydrogen-bond acceptors (Lipinski definition) is 2. The summed E-state index contributed by atoms with van der Waals surface area (Å²) < 4.78 is 0. The Morgan fingerprint density at radius 2 is 2.00 bits per heavy atom. The van der Waals surface area contributed by atoms with Gasteiger partial charge in [0.2, 0.25) is 0 Å². The van der Waals surface area contributed by atoms with Crippen molar-refractivity contribution >= 4 is 34.8 Å². The van der Waals surface area contributed by atoms with Crippen LogP contribution in [0.25, 0.3) is 0 Å². The van der Waals surface area contributed by atoms with Gasteiger partial charge in [-0.2, -0.15) is 0 Å². The van der Waals surface area contributed by atoms with E-state index in [9.17, 15) is 4.79 Å². The molecule has 1 amide bonds. The Morgan fingerprint density at radius 3 is 2.67 bits per heavy atom. The number of nitrogens with one attached hydrogen (secondary N) is 2. The molecule has 0 aromatic heterocycles. The molecule has 112 valence electrons. The fourth-order valence-corrected chi connectivity index (χ4v) is 2.61. The third-order valence-corrected chi connectivity index (χ3v) is 3.95. The van der Waals surface area contributed by atoms with Crippen molar-refractivity contribution in [1.29, 1.82) is 0 Å². The van der Waals surface area contributed by atoms with Gasteiger partial charge in [-0.05, 0) is 68.6 Å². The first-order chi connectivity index (χ1) is 10.1. The van der Waals surface area contributed by atoms with E-state index in [1.54, 1.807) is 24.3 Å². The van der Waals surface area contributed by atoms with Crippen LogP contribution in [0.1, 0.15) is 42.5 Å². The van der Waals surface area contributed by atoms with Gasteiger partial charge in [-0.15, -0.1) is 0 Å². The van der Waals surface area contributed by atoms with Crippen molar-refractivity contribution in [2.45, 2.75) is 32.1 Å². The molecule has 0 spiro atoms. The fourth-order valence-electron chi connectivity index (χ4n) is 2.29. The van der Waals surface area contributed by atoms with Crippen molar-refractivity contribution in [1.82, 2.24) is 10.6 Å². The molecule has 1 aromatic carbocycles. The van der Waals surface area contributed by atoms with Crippen LogP contribution in [0.4, 0.5) is 0 Å². The van der Waals surface area contributed by atoms with Crippen LogP contribution >= 0.6 is 23.8 Å². The predicted octanol–water partition coefficient (Wildman–Crippen LogP) is 3.83. The van der Waals surface area contributed by atoms with Gasteiger partial charge in [-0.1, -0.05) is 23.3 Å². The lowest BCUT2D eigenvalue weighted by Crippen LogP contribution is -2.39. The molecule has 2 rings (SSSR count). The van der Waals surface area contributed by atoms with Gasteiger partial charge < -0.3 is 5.32 Å². The highest BCUT2D eigenvalue weighted by molar-refractivity contribution is 7.80. The van der Waals surface area contributed by atoms with Gasteiger partial charge in [0, 0.05) is 17.1 Å². The molecule has 0 aliphatic heterocycles. The monoisotopic (exact) mass is 322 g/mol. The Hall–Kier alpha value is -1.39. The van der Waals surface area contributed by atoms with E-state index in [1.165, 1.54) is 31.3 Å². The lowest BCUT2D eigenvalue weighted by atomic mass is 9.97.